The zero-order valence-electron chi connectivity index (χ0n) is 11.8. The molecule has 2 heterocycles. The topological polar surface area (TPSA) is 42.2 Å². The zero-order chi connectivity index (χ0) is 13.7. The van der Waals surface area contributed by atoms with Crippen molar-refractivity contribution in [1.29, 1.82) is 0 Å². The summed E-state index contributed by atoms with van der Waals surface area (Å²) in [5.74, 6) is 0.760. The van der Waals surface area contributed by atoms with Crippen molar-refractivity contribution in [2.45, 2.75) is 37.6 Å². The highest BCUT2D eigenvalue weighted by molar-refractivity contribution is 7.99. The Kier molecular flexibility index (Phi) is 5.22. The van der Waals surface area contributed by atoms with Crippen LogP contribution in [0.1, 0.15) is 27.2 Å². The standard InChI is InChI=1S/C14H22N4S/c1-11(2)7-8-15-10-12(3)19-14-17-16-13-6-4-5-9-18(13)14/h4-6,9,11-12,15H,7-8,10H2,1-3H3. The van der Waals surface area contributed by atoms with Crippen molar-refractivity contribution < 1.29 is 0 Å². The van der Waals surface area contributed by atoms with Gasteiger partial charge in [-0.3, -0.25) is 4.40 Å². The van der Waals surface area contributed by atoms with Crippen LogP contribution >= 0.6 is 11.8 Å². The number of hydrogen-bond donors (Lipinski definition) is 1. The van der Waals surface area contributed by atoms with Crippen molar-refractivity contribution in [2.75, 3.05) is 13.1 Å². The van der Waals surface area contributed by atoms with Gasteiger partial charge in [0.2, 0.25) is 0 Å². The molecule has 2 aromatic rings. The van der Waals surface area contributed by atoms with Crippen molar-refractivity contribution >= 4 is 17.4 Å². The summed E-state index contributed by atoms with van der Waals surface area (Å²) in [4.78, 5) is 0. The molecule has 0 spiro atoms. The van der Waals surface area contributed by atoms with Crippen LogP contribution in [-0.2, 0) is 0 Å². The Balaban J connectivity index is 1.83. The van der Waals surface area contributed by atoms with Gasteiger partial charge in [-0.15, -0.1) is 10.2 Å². The van der Waals surface area contributed by atoms with Gasteiger partial charge in [0.05, 0.1) is 0 Å². The second-order valence-corrected chi connectivity index (χ2v) is 6.63. The minimum atomic E-state index is 0.486. The molecule has 0 fully saturated rings. The molecular formula is C14H22N4S. The molecule has 1 atom stereocenters. The lowest BCUT2D eigenvalue weighted by Gasteiger charge is -2.12. The molecule has 0 aliphatic carbocycles. The minimum Gasteiger partial charge on any atom is -0.316 e. The highest BCUT2D eigenvalue weighted by Gasteiger charge is 2.10. The van der Waals surface area contributed by atoms with Gasteiger partial charge in [-0.2, -0.15) is 0 Å². The summed E-state index contributed by atoms with van der Waals surface area (Å²) >= 11 is 1.77. The van der Waals surface area contributed by atoms with Crippen LogP contribution < -0.4 is 5.32 Å². The van der Waals surface area contributed by atoms with Crippen LogP contribution in [0.2, 0.25) is 0 Å². The average Bonchev–Trinajstić information content (AvgIpc) is 2.78. The first-order chi connectivity index (χ1) is 9.16. The molecule has 0 bridgehead atoms. The number of thioether (sulfide) groups is 1. The number of aromatic nitrogens is 3. The minimum absolute atomic E-state index is 0.486. The molecule has 0 aromatic carbocycles. The molecule has 0 saturated carbocycles. The summed E-state index contributed by atoms with van der Waals surface area (Å²) in [6.07, 6.45) is 3.24. The van der Waals surface area contributed by atoms with E-state index in [1.165, 1.54) is 6.42 Å². The zero-order valence-corrected chi connectivity index (χ0v) is 12.7. The monoisotopic (exact) mass is 278 g/mol. The molecule has 2 aromatic heterocycles. The number of fused-ring (bicyclic) bond motifs is 1. The van der Waals surface area contributed by atoms with Crippen LogP contribution in [0.25, 0.3) is 5.65 Å². The third kappa shape index (κ3) is 4.21. The van der Waals surface area contributed by atoms with Gasteiger partial charge in [0.15, 0.2) is 10.8 Å². The highest BCUT2D eigenvalue weighted by atomic mass is 32.2. The molecule has 0 aliphatic rings. The maximum Gasteiger partial charge on any atom is 0.195 e. The molecule has 5 heteroatoms. The first-order valence-corrected chi connectivity index (χ1v) is 7.72. The van der Waals surface area contributed by atoms with E-state index < -0.39 is 0 Å². The summed E-state index contributed by atoms with van der Waals surface area (Å²) in [6, 6.07) is 5.96. The number of rotatable bonds is 7. The SMILES string of the molecule is CC(C)CCNCC(C)Sc1nnc2ccccn12. The normalized spacial score (nSPS) is 13.3. The molecule has 19 heavy (non-hydrogen) atoms. The van der Waals surface area contributed by atoms with Crippen molar-refractivity contribution in [3.05, 3.63) is 24.4 Å². The maximum absolute atomic E-state index is 4.24. The van der Waals surface area contributed by atoms with E-state index >= 15 is 0 Å². The number of pyridine rings is 1. The lowest BCUT2D eigenvalue weighted by Crippen LogP contribution is -2.24. The lowest BCUT2D eigenvalue weighted by molar-refractivity contribution is 0.538. The Morgan fingerprint density at radius 3 is 2.89 bits per heavy atom. The van der Waals surface area contributed by atoms with Crippen LogP contribution in [-0.4, -0.2) is 32.9 Å². The fraction of sp³-hybridized carbons (Fsp3) is 0.571. The molecule has 4 nitrogen and oxygen atoms in total. The van der Waals surface area contributed by atoms with E-state index in [1.54, 1.807) is 11.8 Å². The quantitative estimate of drug-likeness (QED) is 0.624. The van der Waals surface area contributed by atoms with Crippen molar-refractivity contribution in [3.8, 4) is 0 Å². The Hall–Kier alpha value is -1.07. The predicted octanol–water partition coefficient (Wildman–Crippen LogP) is 2.85. The molecule has 1 N–H and O–H groups in total. The van der Waals surface area contributed by atoms with Gasteiger partial charge in [-0.05, 0) is 31.0 Å². The van der Waals surface area contributed by atoms with Crippen molar-refractivity contribution in [3.63, 3.8) is 0 Å². The third-order valence-corrected chi connectivity index (χ3v) is 3.98. The van der Waals surface area contributed by atoms with Crippen molar-refractivity contribution in [2.24, 2.45) is 5.92 Å². The molecule has 0 saturated heterocycles. The second kappa shape index (κ2) is 6.91. The van der Waals surface area contributed by atoms with E-state index in [9.17, 15) is 0 Å². The Bertz CT molecular complexity index is 509. The van der Waals surface area contributed by atoms with Gasteiger partial charge in [0.1, 0.15) is 0 Å². The lowest BCUT2D eigenvalue weighted by atomic mass is 10.1. The fourth-order valence-corrected chi connectivity index (χ4v) is 2.73. The third-order valence-electron chi connectivity index (χ3n) is 2.92. The maximum atomic E-state index is 4.24. The molecule has 0 aliphatic heterocycles. The largest absolute Gasteiger partial charge is 0.316 e. The number of nitrogens with one attached hydrogen (secondary N) is 1. The van der Waals surface area contributed by atoms with Crippen LogP contribution in [0.5, 0.6) is 0 Å². The van der Waals surface area contributed by atoms with E-state index in [2.05, 4.69) is 36.3 Å². The van der Waals surface area contributed by atoms with Crippen LogP contribution in [0.15, 0.2) is 29.6 Å². The van der Waals surface area contributed by atoms with Crippen LogP contribution in [0.4, 0.5) is 0 Å². The Morgan fingerprint density at radius 2 is 2.11 bits per heavy atom. The Morgan fingerprint density at radius 1 is 1.26 bits per heavy atom. The Labute approximate surface area is 119 Å². The van der Waals surface area contributed by atoms with Crippen LogP contribution in [0, 0.1) is 5.92 Å². The first kappa shape index (κ1) is 14.3. The second-order valence-electron chi connectivity index (χ2n) is 5.23. The first-order valence-electron chi connectivity index (χ1n) is 6.84. The number of hydrogen-bond acceptors (Lipinski definition) is 4. The van der Waals surface area contributed by atoms with Gasteiger partial charge in [-0.1, -0.05) is 38.6 Å². The van der Waals surface area contributed by atoms with E-state index in [1.807, 2.05) is 28.8 Å². The summed E-state index contributed by atoms with van der Waals surface area (Å²) in [5.41, 5.74) is 0.907. The van der Waals surface area contributed by atoms with Gasteiger partial charge < -0.3 is 5.32 Å². The van der Waals surface area contributed by atoms with E-state index in [0.717, 1.165) is 29.8 Å². The molecule has 0 amide bonds. The summed E-state index contributed by atoms with van der Waals surface area (Å²) in [7, 11) is 0. The molecular weight excluding hydrogens is 256 g/mol. The summed E-state index contributed by atoms with van der Waals surface area (Å²) < 4.78 is 2.04. The summed E-state index contributed by atoms with van der Waals surface area (Å²) in [6.45, 7) is 8.81. The van der Waals surface area contributed by atoms with Gasteiger partial charge in [-0.25, -0.2) is 0 Å². The van der Waals surface area contributed by atoms with Crippen LogP contribution in [0.3, 0.4) is 0 Å². The molecule has 104 valence electrons. The highest BCUT2D eigenvalue weighted by Crippen LogP contribution is 2.21. The van der Waals surface area contributed by atoms with Gasteiger partial charge >= 0.3 is 0 Å². The van der Waals surface area contributed by atoms with E-state index in [0.29, 0.717) is 5.25 Å². The van der Waals surface area contributed by atoms with Crippen molar-refractivity contribution in [1.82, 2.24) is 19.9 Å². The molecule has 2 rings (SSSR count). The average molecular weight is 278 g/mol. The van der Waals surface area contributed by atoms with E-state index in [4.69, 9.17) is 0 Å². The number of nitrogens with zero attached hydrogens (tertiary/aromatic N) is 3. The molecule has 1 unspecified atom stereocenters. The predicted molar refractivity (Wildman–Crippen MR) is 80.6 cm³/mol. The molecule has 0 radical (unpaired) electrons. The van der Waals surface area contributed by atoms with Gasteiger partial charge in [0.25, 0.3) is 0 Å². The summed E-state index contributed by atoms with van der Waals surface area (Å²) in [5, 5.41) is 13.4. The van der Waals surface area contributed by atoms with E-state index in [-0.39, 0.29) is 0 Å². The van der Waals surface area contributed by atoms with Gasteiger partial charge in [0, 0.05) is 18.0 Å². The fourth-order valence-electron chi connectivity index (χ4n) is 1.82. The smallest absolute Gasteiger partial charge is 0.195 e.